The summed E-state index contributed by atoms with van der Waals surface area (Å²) in [6.45, 7) is 27.2. The van der Waals surface area contributed by atoms with Gasteiger partial charge in [0.2, 0.25) is 0 Å². The molecule has 1 aliphatic carbocycles. The van der Waals surface area contributed by atoms with Crippen molar-refractivity contribution in [1.82, 2.24) is 9.80 Å². The normalized spacial score (nSPS) is 18.4. The molecule has 0 spiro atoms. The molecule has 3 aliphatic rings. The lowest BCUT2D eigenvalue weighted by Crippen LogP contribution is -2.43. The summed E-state index contributed by atoms with van der Waals surface area (Å²) in [5.41, 5.74) is 13.0. The second kappa shape index (κ2) is 9.88. The second-order valence-corrected chi connectivity index (χ2v) is 18.9. The van der Waals surface area contributed by atoms with Crippen LogP contribution in [0.4, 0.5) is 0 Å². The van der Waals surface area contributed by atoms with E-state index in [9.17, 15) is 9.59 Å². The molecule has 0 fully saturated rings. The minimum atomic E-state index is -0.101. The largest absolute Gasteiger partial charge is 0.309 e. The van der Waals surface area contributed by atoms with Crippen LogP contribution in [0.25, 0.3) is 30.9 Å². The van der Waals surface area contributed by atoms with Crippen molar-refractivity contribution in [2.75, 3.05) is 14.1 Å². The van der Waals surface area contributed by atoms with Gasteiger partial charge in [-0.3, -0.25) is 9.59 Å². The van der Waals surface area contributed by atoms with E-state index in [0.29, 0.717) is 11.1 Å². The minimum absolute atomic E-state index is 0.00837. The van der Waals surface area contributed by atoms with E-state index in [0.717, 1.165) is 32.3 Å². The first kappa shape index (κ1) is 31.8. The lowest BCUT2D eigenvalue weighted by molar-refractivity contribution is -0.123. The molecule has 46 heavy (non-hydrogen) atoms. The van der Waals surface area contributed by atoms with Gasteiger partial charge in [-0.25, -0.2) is 0 Å². The fraction of sp³-hybridized carbons (Fsp3) is 0.421. The van der Waals surface area contributed by atoms with E-state index < -0.39 is 0 Å². The summed E-state index contributed by atoms with van der Waals surface area (Å²) < 4.78 is 0. The van der Waals surface area contributed by atoms with Gasteiger partial charge in [-0.1, -0.05) is 27.7 Å². The number of likely N-dealkylation sites (N-methyl/N-ethyl adjacent to an activating group) is 2. The second-order valence-electron chi connectivity index (χ2n) is 14.4. The lowest BCUT2D eigenvalue weighted by Gasteiger charge is -2.47. The number of amides is 2. The highest BCUT2D eigenvalue weighted by molar-refractivity contribution is 7.27. The maximum atomic E-state index is 14.0. The van der Waals surface area contributed by atoms with Crippen LogP contribution in [0.1, 0.15) is 91.7 Å². The van der Waals surface area contributed by atoms with E-state index in [4.69, 9.17) is 0 Å². The van der Waals surface area contributed by atoms with Crippen LogP contribution in [-0.4, -0.2) is 35.7 Å². The summed E-state index contributed by atoms with van der Waals surface area (Å²) in [6, 6.07) is 0. The van der Waals surface area contributed by atoms with Crippen LogP contribution >= 0.6 is 45.3 Å². The number of hydrogen-bond donors (Lipinski definition) is 0. The van der Waals surface area contributed by atoms with Crippen LogP contribution < -0.4 is 0 Å². The molecule has 4 aromatic heterocycles. The molecule has 8 heteroatoms. The number of carbonyl (C=O) groups excluding carboxylic acids is 2. The molecule has 2 amide bonds. The maximum absolute atomic E-state index is 14.0. The summed E-state index contributed by atoms with van der Waals surface area (Å²) >= 11 is 7.28. The van der Waals surface area contributed by atoms with Crippen molar-refractivity contribution >= 4 is 68.6 Å². The Kier molecular flexibility index (Phi) is 6.83. The highest BCUT2D eigenvalue weighted by atomic mass is 32.1. The van der Waals surface area contributed by atoms with Gasteiger partial charge < -0.3 is 9.80 Å². The molecule has 0 bridgehead atoms. The first-order chi connectivity index (χ1) is 21.4. The zero-order valence-electron chi connectivity index (χ0n) is 29.3. The summed E-state index contributed by atoms with van der Waals surface area (Å²) in [4.78, 5) is 41.6. The van der Waals surface area contributed by atoms with E-state index in [1.165, 1.54) is 62.6 Å². The van der Waals surface area contributed by atoms with E-state index in [2.05, 4.69) is 83.1 Å². The van der Waals surface area contributed by atoms with Gasteiger partial charge in [-0.15, -0.1) is 45.3 Å². The molecular weight excluding hydrogens is 645 g/mol. The van der Waals surface area contributed by atoms with Crippen LogP contribution in [0.15, 0.2) is 11.1 Å². The fourth-order valence-electron chi connectivity index (χ4n) is 7.87. The van der Waals surface area contributed by atoms with Gasteiger partial charge in [0.25, 0.3) is 11.8 Å². The first-order valence-corrected chi connectivity index (χ1v) is 19.1. The first-order valence-electron chi connectivity index (χ1n) is 15.8. The molecule has 0 N–H and O–H groups in total. The van der Waals surface area contributed by atoms with Crippen LogP contribution in [0.2, 0.25) is 0 Å². The van der Waals surface area contributed by atoms with Crippen molar-refractivity contribution in [3.8, 4) is 19.5 Å². The zero-order valence-corrected chi connectivity index (χ0v) is 32.6. The molecule has 240 valence electrons. The number of hydrogen-bond acceptors (Lipinski definition) is 6. The third-order valence-corrected chi connectivity index (χ3v) is 17.3. The molecule has 0 saturated heterocycles. The smallest absolute Gasteiger partial charge is 0.261 e. The van der Waals surface area contributed by atoms with E-state index in [1.807, 2.05) is 36.8 Å². The van der Waals surface area contributed by atoms with Gasteiger partial charge in [0.1, 0.15) is 0 Å². The van der Waals surface area contributed by atoms with Gasteiger partial charge in [-0.2, -0.15) is 0 Å². The third kappa shape index (κ3) is 3.70. The van der Waals surface area contributed by atoms with E-state index in [-0.39, 0.29) is 22.6 Å². The average Bonchev–Trinajstić information content (AvgIpc) is 3.76. The Morgan fingerprint density at radius 1 is 0.435 bits per heavy atom. The predicted octanol–water partition coefficient (Wildman–Crippen LogP) is 10.4. The Bertz CT molecular complexity index is 2150. The molecule has 6 heterocycles. The summed E-state index contributed by atoms with van der Waals surface area (Å²) in [6.07, 6.45) is 0. The molecule has 4 aromatic rings. The van der Waals surface area contributed by atoms with Crippen LogP contribution in [-0.2, 0) is 20.4 Å². The Balaban J connectivity index is 1.45. The third-order valence-electron chi connectivity index (χ3n) is 11.8. The zero-order chi connectivity index (χ0) is 33.7. The quantitative estimate of drug-likeness (QED) is 0.215. The molecule has 0 radical (unpaired) electrons. The number of thiophene rings is 4. The number of carbonyl (C=O) groups is 2. The summed E-state index contributed by atoms with van der Waals surface area (Å²) in [7, 11) is 3.64. The highest BCUT2D eigenvalue weighted by Gasteiger charge is 2.51. The van der Waals surface area contributed by atoms with Crippen molar-refractivity contribution in [2.24, 2.45) is 0 Å². The van der Waals surface area contributed by atoms with Crippen molar-refractivity contribution in [3.63, 3.8) is 0 Å². The molecule has 0 saturated carbocycles. The summed E-state index contributed by atoms with van der Waals surface area (Å²) in [5, 5.41) is 0. The van der Waals surface area contributed by atoms with Crippen molar-refractivity contribution in [2.45, 2.75) is 93.9 Å². The number of rotatable bonds is 3. The molecule has 0 aromatic carbocycles. The Morgan fingerprint density at radius 2 is 0.783 bits per heavy atom. The predicted molar refractivity (Wildman–Crippen MR) is 199 cm³/mol. The van der Waals surface area contributed by atoms with Gasteiger partial charge in [0, 0.05) is 54.2 Å². The Labute approximate surface area is 289 Å². The Hall–Kier alpha value is -2.78. The van der Waals surface area contributed by atoms with Crippen LogP contribution in [0, 0.1) is 55.4 Å². The van der Waals surface area contributed by atoms with Crippen LogP contribution in [0.3, 0.4) is 0 Å². The van der Waals surface area contributed by atoms with Crippen molar-refractivity contribution in [1.29, 1.82) is 0 Å². The van der Waals surface area contributed by atoms with Gasteiger partial charge in [-0.05, 0) is 99.9 Å². The van der Waals surface area contributed by atoms with Crippen molar-refractivity contribution in [3.05, 3.63) is 75.2 Å². The minimum Gasteiger partial charge on any atom is -0.309 e. The topological polar surface area (TPSA) is 40.6 Å². The van der Waals surface area contributed by atoms with Gasteiger partial charge >= 0.3 is 0 Å². The highest BCUT2D eigenvalue weighted by Crippen LogP contribution is 2.63. The number of fused-ring (bicyclic) bond motifs is 4. The van der Waals surface area contributed by atoms with Crippen molar-refractivity contribution < 1.29 is 9.59 Å². The number of aryl methyl sites for hydroxylation is 2. The van der Waals surface area contributed by atoms with E-state index in [1.54, 1.807) is 32.5 Å². The molecule has 0 unspecified atom stereocenters. The standard InChI is InChI=1S/C38H42N2O2S4/c1-15-16(2)29(43-21(15)7)27-23-24(36(42)39(27)13)28(40(14)35(23)41)30-17(3)18(4)31(45-30)32-20(6)26-34(46-32)33-25(19(5)22(8)44-33)37(9,10)38(26,11)12/h1-14H3. The Morgan fingerprint density at radius 3 is 1.28 bits per heavy atom. The molecule has 2 aliphatic heterocycles. The van der Waals surface area contributed by atoms with Gasteiger partial charge in [0.05, 0.1) is 32.3 Å². The molecule has 0 atom stereocenters. The maximum Gasteiger partial charge on any atom is 0.261 e. The lowest BCUT2D eigenvalue weighted by atomic mass is 9.57. The van der Waals surface area contributed by atoms with Gasteiger partial charge in [0.15, 0.2) is 0 Å². The average molecular weight is 687 g/mol. The fourth-order valence-corrected chi connectivity index (χ4v) is 13.7. The molecule has 7 rings (SSSR count). The molecule has 4 nitrogen and oxygen atoms in total. The number of nitrogens with zero attached hydrogens (tertiary/aromatic N) is 2. The molecular formula is C38H42N2O2S4. The SMILES string of the molecule is Cc1sc(C2=C3C(=O)N(C)C(c4sc(-c5sc6c(c5C)C(C)(C)C(C)(C)c5c-6sc(C)c5C)c(C)c4C)=C3C(=O)N2C)c(C)c1C. The summed E-state index contributed by atoms with van der Waals surface area (Å²) in [5.74, 6) is -0.203. The van der Waals surface area contributed by atoms with E-state index >= 15 is 0 Å². The monoisotopic (exact) mass is 686 g/mol. The van der Waals surface area contributed by atoms with Crippen LogP contribution in [0.5, 0.6) is 0 Å².